The van der Waals surface area contributed by atoms with E-state index in [1.54, 1.807) is 0 Å². The van der Waals surface area contributed by atoms with E-state index in [4.69, 9.17) is 16.3 Å². The first-order valence-electron chi connectivity index (χ1n) is 4.89. The van der Waals surface area contributed by atoms with Crippen molar-refractivity contribution in [2.75, 3.05) is 0 Å². The minimum Gasteiger partial charge on any atom is -0.368 e. The second-order valence-corrected chi connectivity index (χ2v) is 10.6. The summed E-state index contributed by atoms with van der Waals surface area (Å²) < 4.78 is 5.73. The molecule has 0 saturated carbocycles. The van der Waals surface area contributed by atoms with Crippen LogP contribution >= 0.6 is 11.6 Å². The van der Waals surface area contributed by atoms with Gasteiger partial charge >= 0.3 is 0 Å². The van der Waals surface area contributed by atoms with Crippen LogP contribution in [0.4, 0.5) is 0 Å². The summed E-state index contributed by atoms with van der Waals surface area (Å²) in [6.07, 6.45) is 0.332. The van der Waals surface area contributed by atoms with Gasteiger partial charge in [0.25, 0.3) is 0 Å². The van der Waals surface area contributed by atoms with E-state index in [1.807, 2.05) is 12.1 Å². The SMILES string of the molecule is C[Si](C)(C)[C@H]1O[C@H]1c1ccc(Cl)cc1. The maximum Gasteiger partial charge on any atom is 0.106 e. The van der Waals surface area contributed by atoms with E-state index in [9.17, 15) is 0 Å². The van der Waals surface area contributed by atoms with Crippen molar-refractivity contribution < 1.29 is 4.74 Å². The summed E-state index contributed by atoms with van der Waals surface area (Å²) in [6, 6.07) is 7.99. The van der Waals surface area contributed by atoms with Crippen molar-refractivity contribution in [1.82, 2.24) is 0 Å². The molecule has 1 aliphatic rings. The normalized spacial score (nSPS) is 26.3. The summed E-state index contributed by atoms with van der Waals surface area (Å²) in [5.41, 5.74) is 1.76. The minimum atomic E-state index is -1.14. The molecule has 2 rings (SSSR count). The highest BCUT2D eigenvalue weighted by molar-refractivity contribution is 6.78. The van der Waals surface area contributed by atoms with Crippen LogP contribution in [0.2, 0.25) is 24.7 Å². The van der Waals surface area contributed by atoms with E-state index in [0.29, 0.717) is 11.8 Å². The van der Waals surface area contributed by atoms with Gasteiger partial charge in [-0.1, -0.05) is 43.4 Å². The zero-order chi connectivity index (χ0) is 10.3. The molecule has 1 saturated heterocycles. The molecule has 14 heavy (non-hydrogen) atoms. The summed E-state index contributed by atoms with van der Waals surface area (Å²) in [4.78, 5) is 0. The molecule has 0 spiro atoms. The Kier molecular flexibility index (Phi) is 2.46. The molecular formula is C11H15ClOSi. The van der Waals surface area contributed by atoms with Crippen LogP contribution in [0.25, 0.3) is 0 Å². The minimum absolute atomic E-state index is 0.332. The van der Waals surface area contributed by atoms with Gasteiger partial charge in [-0.05, 0) is 17.7 Å². The van der Waals surface area contributed by atoms with Crippen LogP contribution in [0.1, 0.15) is 11.7 Å². The largest absolute Gasteiger partial charge is 0.368 e. The van der Waals surface area contributed by atoms with Gasteiger partial charge in [0.15, 0.2) is 0 Å². The van der Waals surface area contributed by atoms with Crippen LogP contribution in [-0.4, -0.2) is 13.8 Å². The Hall–Kier alpha value is -0.313. The van der Waals surface area contributed by atoms with Crippen LogP contribution in [0.15, 0.2) is 24.3 Å². The van der Waals surface area contributed by atoms with Gasteiger partial charge in [0.1, 0.15) is 6.10 Å². The first-order valence-corrected chi connectivity index (χ1v) is 8.85. The third kappa shape index (κ3) is 2.02. The Morgan fingerprint density at radius 2 is 1.71 bits per heavy atom. The summed E-state index contributed by atoms with van der Waals surface area (Å²) in [5.74, 6) is 0. The third-order valence-electron chi connectivity index (χ3n) is 2.54. The highest BCUT2D eigenvalue weighted by Crippen LogP contribution is 2.44. The fourth-order valence-electron chi connectivity index (χ4n) is 1.68. The van der Waals surface area contributed by atoms with Crippen LogP contribution in [0.5, 0.6) is 0 Å². The number of ether oxygens (including phenoxy) is 1. The Labute approximate surface area is 91.0 Å². The van der Waals surface area contributed by atoms with Gasteiger partial charge in [0.05, 0.1) is 13.8 Å². The number of benzene rings is 1. The van der Waals surface area contributed by atoms with Gasteiger partial charge in [-0.2, -0.15) is 0 Å². The number of epoxide rings is 1. The molecule has 1 fully saturated rings. The quantitative estimate of drug-likeness (QED) is 0.554. The highest BCUT2D eigenvalue weighted by atomic mass is 35.5. The van der Waals surface area contributed by atoms with Gasteiger partial charge in [-0.15, -0.1) is 0 Å². The van der Waals surface area contributed by atoms with E-state index in [1.165, 1.54) is 5.56 Å². The first-order chi connectivity index (χ1) is 6.48. The summed E-state index contributed by atoms with van der Waals surface area (Å²) in [5, 5.41) is 0.791. The molecule has 3 heteroatoms. The molecule has 0 aliphatic carbocycles. The van der Waals surface area contributed by atoms with E-state index in [2.05, 4.69) is 31.8 Å². The van der Waals surface area contributed by atoms with Gasteiger partial charge in [-0.25, -0.2) is 0 Å². The zero-order valence-electron chi connectivity index (χ0n) is 8.75. The van der Waals surface area contributed by atoms with Gasteiger partial charge in [0.2, 0.25) is 0 Å². The first kappa shape index (κ1) is 10.2. The van der Waals surface area contributed by atoms with Crippen molar-refractivity contribution in [3.63, 3.8) is 0 Å². The standard InChI is InChI=1S/C11H15ClOSi/c1-14(2,3)11-10(13-11)8-4-6-9(12)7-5-8/h4-7,10-11H,1-3H3/t10-,11+/m0/s1. The van der Waals surface area contributed by atoms with E-state index in [0.717, 1.165) is 5.02 Å². The molecule has 0 unspecified atom stereocenters. The average Bonchev–Trinajstić information content (AvgIpc) is 2.83. The number of hydrogen-bond donors (Lipinski definition) is 0. The predicted molar refractivity (Wildman–Crippen MR) is 62.4 cm³/mol. The molecule has 2 atom stereocenters. The van der Waals surface area contributed by atoms with Crippen molar-refractivity contribution in [2.45, 2.75) is 31.5 Å². The van der Waals surface area contributed by atoms with Crippen molar-refractivity contribution in [3.8, 4) is 0 Å². The fraction of sp³-hybridized carbons (Fsp3) is 0.455. The van der Waals surface area contributed by atoms with E-state index in [-0.39, 0.29) is 0 Å². The molecule has 0 bridgehead atoms. The Morgan fingerprint density at radius 3 is 2.14 bits per heavy atom. The second kappa shape index (κ2) is 3.37. The fourth-order valence-corrected chi connectivity index (χ4v) is 3.46. The smallest absolute Gasteiger partial charge is 0.106 e. The molecule has 0 amide bonds. The van der Waals surface area contributed by atoms with Crippen LogP contribution in [0, 0.1) is 0 Å². The number of halogens is 1. The van der Waals surface area contributed by atoms with E-state index < -0.39 is 8.07 Å². The van der Waals surface area contributed by atoms with E-state index >= 15 is 0 Å². The van der Waals surface area contributed by atoms with Crippen LogP contribution in [0.3, 0.4) is 0 Å². The summed E-state index contributed by atoms with van der Waals surface area (Å²) in [7, 11) is -1.14. The third-order valence-corrected chi connectivity index (χ3v) is 4.94. The van der Waals surface area contributed by atoms with Crippen molar-refractivity contribution in [3.05, 3.63) is 34.9 Å². The summed E-state index contributed by atoms with van der Waals surface area (Å²) in [6.45, 7) is 7.02. The topological polar surface area (TPSA) is 12.5 Å². The Bertz CT molecular complexity index is 328. The molecule has 0 N–H and O–H groups in total. The van der Waals surface area contributed by atoms with Crippen molar-refractivity contribution in [1.29, 1.82) is 0 Å². The lowest BCUT2D eigenvalue weighted by Gasteiger charge is -2.11. The molecule has 76 valence electrons. The van der Waals surface area contributed by atoms with Gasteiger partial charge in [0, 0.05) is 5.02 Å². The highest BCUT2D eigenvalue weighted by Gasteiger charge is 2.48. The lowest BCUT2D eigenvalue weighted by atomic mass is 10.2. The van der Waals surface area contributed by atoms with Crippen molar-refractivity contribution >= 4 is 19.7 Å². The number of hydrogen-bond acceptors (Lipinski definition) is 1. The predicted octanol–water partition coefficient (Wildman–Crippen LogP) is 3.66. The monoisotopic (exact) mass is 226 g/mol. The van der Waals surface area contributed by atoms with Gasteiger partial charge in [-0.3, -0.25) is 0 Å². The lowest BCUT2D eigenvalue weighted by molar-refractivity contribution is 0.400. The Balaban J connectivity index is 2.10. The lowest BCUT2D eigenvalue weighted by Crippen LogP contribution is -2.29. The maximum atomic E-state index is 5.83. The van der Waals surface area contributed by atoms with Crippen molar-refractivity contribution in [2.24, 2.45) is 0 Å². The molecular weight excluding hydrogens is 212 g/mol. The Morgan fingerprint density at radius 1 is 1.14 bits per heavy atom. The molecule has 1 heterocycles. The number of rotatable bonds is 2. The zero-order valence-corrected chi connectivity index (χ0v) is 10.5. The summed E-state index contributed by atoms with van der Waals surface area (Å²) >= 11 is 5.83. The maximum absolute atomic E-state index is 5.83. The second-order valence-electron chi connectivity index (χ2n) is 4.89. The molecule has 0 radical (unpaired) electrons. The molecule has 1 aromatic carbocycles. The molecule has 1 aromatic rings. The molecule has 0 aromatic heterocycles. The van der Waals surface area contributed by atoms with Crippen LogP contribution < -0.4 is 0 Å². The van der Waals surface area contributed by atoms with Crippen LogP contribution in [-0.2, 0) is 4.74 Å². The molecule has 1 aliphatic heterocycles. The van der Waals surface area contributed by atoms with Gasteiger partial charge < -0.3 is 4.74 Å². The average molecular weight is 227 g/mol. The molecule has 1 nitrogen and oxygen atoms in total.